The van der Waals surface area contributed by atoms with Crippen molar-refractivity contribution in [1.29, 1.82) is 0 Å². The van der Waals surface area contributed by atoms with Crippen molar-refractivity contribution in [2.45, 2.75) is 52.4 Å². The molecule has 0 unspecified atom stereocenters. The second-order valence-corrected chi connectivity index (χ2v) is 3.72. The Hall–Kier alpha value is -1.23. The van der Waals surface area contributed by atoms with Gasteiger partial charge in [0.15, 0.2) is 0 Å². The second kappa shape index (κ2) is 14.8. The minimum absolute atomic E-state index is 0. The van der Waals surface area contributed by atoms with Crippen LogP contribution >= 0.6 is 0 Å². The van der Waals surface area contributed by atoms with Gasteiger partial charge < -0.3 is 10.2 Å². The SMILES string of the molecule is CCCC(=O)CC(=O)O.CCCC(=O)CC(=O)O.[Ni]. The average molecular weight is 319 g/mol. The predicted molar refractivity (Wildman–Crippen MR) is 64.3 cm³/mol. The van der Waals surface area contributed by atoms with Crippen LogP contribution in [0.1, 0.15) is 52.4 Å². The molecule has 0 spiro atoms. The topological polar surface area (TPSA) is 109 Å². The summed E-state index contributed by atoms with van der Waals surface area (Å²) in [5.41, 5.74) is 0. The number of ketones is 2. The number of hydrogen-bond donors (Lipinski definition) is 2. The number of carboxylic acid groups (broad SMARTS) is 2. The summed E-state index contributed by atoms with van der Waals surface area (Å²) in [5.74, 6) is -2.45. The van der Waals surface area contributed by atoms with E-state index in [1.54, 1.807) is 0 Å². The molecule has 0 aromatic rings. The Morgan fingerprint density at radius 3 is 1.16 bits per heavy atom. The largest absolute Gasteiger partial charge is 0.481 e. The van der Waals surface area contributed by atoms with Gasteiger partial charge in [-0.05, 0) is 12.8 Å². The van der Waals surface area contributed by atoms with Gasteiger partial charge in [-0.15, -0.1) is 0 Å². The van der Waals surface area contributed by atoms with E-state index in [0.29, 0.717) is 12.8 Å². The van der Waals surface area contributed by atoms with E-state index in [2.05, 4.69) is 0 Å². The summed E-state index contributed by atoms with van der Waals surface area (Å²) >= 11 is 0. The molecule has 0 aliphatic carbocycles. The summed E-state index contributed by atoms with van der Waals surface area (Å²) in [6, 6.07) is 0. The van der Waals surface area contributed by atoms with E-state index in [-0.39, 0.29) is 40.9 Å². The molecule has 6 nitrogen and oxygen atoms in total. The first-order chi connectivity index (χ1) is 8.33. The summed E-state index contributed by atoms with van der Waals surface area (Å²) in [4.78, 5) is 40.7. The second-order valence-electron chi connectivity index (χ2n) is 3.72. The van der Waals surface area contributed by atoms with Crippen LogP contribution in [-0.2, 0) is 35.7 Å². The van der Waals surface area contributed by atoms with Gasteiger partial charge in [0.25, 0.3) is 0 Å². The van der Waals surface area contributed by atoms with Crippen molar-refractivity contribution in [3.05, 3.63) is 0 Å². The van der Waals surface area contributed by atoms with Crippen molar-refractivity contribution in [3.8, 4) is 0 Å². The van der Waals surface area contributed by atoms with E-state index in [0.717, 1.165) is 12.8 Å². The van der Waals surface area contributed by atoms with Crippen molar-refractivity contribution < 1.29 is 45.9 Å². The molecule has 2 N–H and O–H groups in total. The molecule has 7 heteroatoms. The van der Waals surface area contributed by atoms with Crippen molar-refractivity contribution in [2.24, 2.45) is 0 Å². The Morgan fingerprint density at radius 2 is 1.00 bits per heavy atom. The zero-order valence-electron chi connectivity index (χ0n) is 11.1. The maximum Gasteiger partial charge on any atom is 0.310 e. The molecule has 19 heavy (non-hydrogen) atoms. The number of hydrogen-bond acceptors (Lipinski definition) is 4. The van der Waals surface area contributed by atoms with Gasteiger partial charge in [0.05, 0.1) is 0 Å². The van der Waals surface area contributed by atoms with Gasteiger partial charge in [-0.2, -0.15) is 0 Å². The number of Topliss-reactive ketones (excluding diaryl/α,β-unsaturated/α-hetero) is 2. The summed E-state index contributed by atoms with van der Waals surface area (Å²) in [6.45, 7) is 3.69. The van der Waals surface area contributed by atoms with Crippen LogP contribution < -0.4 is 0 Å². The van der Waals surface area contributed by atoms with Crippen molar-refractivity contribution in [1.82, 2.24) is 0 Å². The van der Waals surface area contributed by atoms with Gasteiger partial charge in [0, 0.05) is 29.3 Å². The third-order valence-electron chi connectivity index (χ3n) is 1.75. The smallest absolute Gasteiger partial charge is 0.310 e. The fourth-order valence-corrected chi connectivity index (χ4v) is 1.07. The maximum atomic E-state index is 10.5. The first-order valence-corrected chi connectivity index (χ1v) is 5.80. The van der Waals surface area contributed by atoms with Gasteiger partial charge in [0.2, 0.25) is 0 Å². The van der Waals surface area contributed by atoms with E-state index in [9.17, 15) is 19.2 Å². The molecule has 114 valence electrons. The van der Waals surface area contributed by atoms with Crippen LogP contribution in [0.15, 0.2) is 0 Å². The molecule has 0 rings (SSSR count). The van der Waals surface area contributed by atoms with E-state index < -0.39 is 11.9 Å². The normalized spacial score (nSPS) is 8.53. The minimum Gasteiger partial charge on any atom is -0.481 e. The van der Waals surface area contributed by atoms with Crippen molar-refractivity contribution in [2.75, 3.05) is 0 Å². The molecule has 0 atom stereocenters. The fraction of sp³-hybridized carbons (Fsp3) is 0.667. The molecular formula is C12H20NiO6. The molecule has 0 aromatic heterocycles. The number of carboxylic acids is 2. The Labute approximate surface area is 122 Å². The van der Waals surface area contributed by atoms with Crippen molar-refractivity contribution >= 4 is 23.5 Å². The van der Waals surface area contributed by atoms with Gasteiger partial charge in [0.1, 0.15) is 24.4 Å². The maximum absolute atomic E-state index is 10.5. The van der Waals surface area contributed by atoms with Crippen LogP contribution in [0, 0.1) is 0 Å². The molecule has 0 heterocycles. The molecular weight excluding hydrogens is 299 g/mol. The summed E-state index contributed by atoms with van der Waals surface area (Å²) in [7, 11) is 0. The standard InChI is InChI=1S/2C6H10O3.Ni/c2*1-2-3-5(7)4-6(8)9;/h2*2-4H2,1H3,(H,8,9);. The van der Waals surface area contributed by atoms with Crippen LogP contribution in [0.3, 0.4) is 0 Å². The molecule has 0 aliphatic heterocycles. The van der Waals surface area contributed by atoms with Gasteiger partial charge in [-0.3, -0.25) is 19.2 Å². The number of carbonyl (C=O) groups excluding carboxylic acids is 2. The quantitative estimate of drug-likeness (QED) is 0.520. The summed E-state index contributed by atoms with van der Waals surface area (Å²) in [6.07, 6.45) is 1.57. The van der Waals surface area contributed by atoms with E-state index in [1.165, 1.54) is 0 Å². The Morgan fingerprint density at radius 1 is 0.737 bits per heavy atom. The summed E-state index contributed by atoms with van der Waals surface area (Å²) < 4.78 is 0. The molecule has 0 aromatic carbocycles. The number of aliphatic carboxylic acids is 2. The summed E-state index contributed by atoms with van der Waals surface area (Å²) in [5, 5.41) is 16.2. The predicted octanol–water partition coefficient (Wildman–Crippen LogP) is 1.66. The molecule has 0 aliphatic rings. The third kappa shape index (κ3) is 22.4. The van der Waals surface area contributed by atoms with Crippen molar-refractivity contribution in [3.63, 3.8) is 0 Å². The molecule has 0 radical (unpaired) electrons. The van der Waals surface area contributed by atoms with Gasteiger partial charge in [-0.25, -0.2) is 0 Å². The Balaban J connectivity index is -0.000000256. The molecule has 0 bridgehead atoms. The van der Waals surface area contributed by atoms with Crippen LogP contribution in [0.4, 0.5) is 0 Å². The Kier molecular flexibility index (Phi) is 17.9. The van der Waals surface area contributed by atoms with E-state index in [1.807, 2.05) is 13.8 Å². The number of rotatable bonds is 8. The van der Waals surface area contributed by atoms with Crippen LogP contribution in [0.25, 0.3) is 0 Å². The van der Waals surface area contributed by atoms with Crippen LogP contribution in [0.5, 0.6) is 0 Å². The monoisotopic (exact) mass is 318 g/mol. The van der Waals surface area contributed by atoms with Crippen LogP contribution in [0.2, 0.25) is 0 Å². The zero-order chi connectivity index (χ0) is 14.6. The van der Waals surface area contributed by atoms with E-state index >= 15 is 0 Å². The third-order valence-corrected chi connectivity index (χ3v) is 1.75. The first-order valence-electron chi connectivity index (χ1n) is 5.80. The molecule has 0 amide bonds. The minimum atomic E-state index is -1.03. The molecule has 0 saturated heterocycles. The first kappa shape index (κ1) is 22.9. The van der Waals surface area contributed by atoms with Gasteiger partial charge in [-0.1, -0.05) is 13.8 Å². The zero-order valence-corrected chi connectivity index (χ0v) is 12.1. The number of carbonyl (C=O) groups is 4. The Bertz CT molecular complexity index is 271. The molecule has 0 saturated carbocycles. The van der Waals surface area contributed by atoms with Crippen LogP contribution in [-0.4, -0.2) is 33.7 Å². The average Bonchev–Trinajstić information content (AvgIpc) is 2.16. The fourth-order valence-electron chi connectivity index (χ4n) is 1.07. The van der Waals surface area contributed by atoms with Gasteiger partial charge >= 0.3 is 11.9 Å². The van der Waals surface area contributed by atoms with E-state index in [4.69, 9.17) is 10.2 Å². The molecule has 0 fully saturated rings.